The van der Waals surface area contributed by atoms with Gasteiger partial charge in [-0.2, -0.15) is 0 Å². The first-order chi connectivity index (χ1) is 11.5. The molecule has 0 saturated carbocycles. The molecule has 0 aliphatic rings. The first-order valence-electron chi connectivity index (χ1n) is 7.47. The monoisotopic (exact) mass is 328 g/mol. The summed E-state index contributed by atoms with van der Waals surface area (Å²) < 4.78 is 4.98. The SMILES string of the molecule is COc1ccc(NC(=O)c2ccccc2NC(=O)NC(C)C)cn1. The molecule has 0 spiro atoms. The number of carbonyl (C=O) groups is 2. The second kappa shape index (κ2) is 7.96. The van der Waals surface area contributed by atoms with Crippen molar-refractivity contribution >= 4 is 23.3 Å². The maximum absolute atomic E-state index is 12.5. The fourth-order valence-electron chi connectivity index (χ4n) is 1.98. The van der Waals surface area contributed by atoms with Crippen LogP contribution in [0.5, 0.6) is 5.88 Å². The first-order valence-corrected chi connectivity index (χ1v) is 7.47. The molecule has 0 aliphatic heterocycles. The number of benzene rings is 1. The van der Waals surface area contributed by atoms with Gasteiger partial charge in [-0.25, -0.2) is 9.78 Å². The van der Waals surface area contributed by atoms with Gasteiger partial charge in [-0.3, -0.25) is 4.79 Å². The molecule has 7 nitrogen and oxygen atoms in total. The van der Waals surface area contributed by atoms with Crippen LogP contribution < -0.4 is 20.7 Å². The topological polar surface area (TPSA) is 92.4 Å². The van der Waals surface area contributed by atoms with E-state index in [1.807, 2.05) is 13.8 Å². The quantitative estimate of drug-likeness (QED) is 0.787. The van der Waals surface area contributed by atoms with Gasteiger partial charge in [0, 0.05) is 12.1 Å². The van der Waals surface area contributed by atoms with Crippen LogP contribution in [0.4, 0.5) is 16.2 Å². The van der Waals surface area contributed by atoms with Crippen molar-refractivity contribution in [3.8, 4) is 5.88 Å². The smallest absolute Gasteiger partial charge is 0.319 e. The molecular weight excluding hydrogens is 308 g/mol. The highest BCUT2D eigenvalue weighted by atomic mass is 16.5. The lowest BCUT2D eigenvalue weighted by atomic mass is 10.1. The van der Waals surface area contributed by atoms with Gasteiger partial charge in [0.25, 0.3) is 5.91 Å². The predicted octanol–water partition coefficient (Wildman–Crippen LogP) is 2.87. The minimum Gasteiger partial charge on any atom is -0.481 e. The molecular formula is C17H20N4O3. The minimum atomic E-state index is -0.364. The number of hydrogen-bond acceptors (Lipinski definition) is 4. The molecule has 0 unspecified atom stereocenters. The fourth-order valence-corrected chi connectivity index (χ4v) is 1.98. The van der Waals surface area contributed by atoms with E-state index in [4.69, 9.17) is 4.74 Å². The van der Waals surface area contributed by atoms with Gasteiger partial charge in [0.15, 0.2) is 0 Å². The molecule has 1 heterocycles. The summed E-state index contributed by atoms with van der Waals surface area (Å²) in [6.07, 6.45) is 1.50. The second-order valence-corrected chi connectivity index (χ2v) is 5.34. The Hall–Kier alpha value is -3.09. The zero-order chi connectivity index (χ0) is 17.5. The number of carbonyl (C=O) groups excluding carboxylic acids is 2. The van der Waals surface area contributed by atoms with Gasteiger partial charge in [0.2, 0.25) is 5.88 Å². The van der Waals surface area contributed by atoms with E-state index >= 15 is 0 Å². The summed E-state index contributed by atoms with van der Waals surface area (Å²) in [7, 11) is 1.52. The van der Waals surface area contributed by atoms with E-state index in [9.17, 15) is 9.59 Å². The Kier molecular flexibility index (Phi) is 5.73. The summed E-state index contributed by atoms with van der Waals surface area (Å²) in [5, 5.41) is 8.13. The van der Waals surface area contributed by atoms with Crippen molar-refractivity contribution in [2.24, 2.45) is 0 Å². The average Bonchev–Trinajstić information content (AvgIpc) is 2.55. The minimum absolute atomic E-state index is 0.00337. The summed E-state index contributed by atoms with van der Waals surface area (Å²) in [6.45, 7) is 3.71. The Balaban J connectivity index is 2.12. The molecule has 0 fully saturated rings. The number of rotatable bonds is 5. The van der Waals surface area contributed by atoms with Crippen molar-refractivity contribution in [1.82, 2.24) is 10.3 Å². The second-order valence-electron chi connectivity index (χ2n) is 5.34. The number of para-hydroxylation sites is 1. The van der Waals surface area contributed by atoms with Crippen LogP contribution in [0.3, 0.4) is 0 Å². The highest BCUT2D eigenvalue weighted by Gasteiger charge is 2.13. The van der Waals surface area contributed by atoms with Crippen LogP contribution in [-0.2, 0) is 0 Å². The third-order valence-electron chi connectivity index (χ3n) is 3.04. The summed E-state index contributed by atoms with van der Waals surface area (Å²) in [6, 6.07) is 9.75. The molecule has 0 saturated heterocycles. The lowest BCUT2D eigenvalue weighted by Crippen LogP contribution is -2.34. The summed E-state index contributed by atoms with van der Waals surface area (Å²) >= 11 is 0. The molecule has 1 aromatic heterocycles. The van der Waals surface area contributed by atoms with Crippen LogP contribution in [0.1, 0.15) is 24.2 Å². The third kappa shape index (κ3) is 4.70. The number of amides is 3. The Morgan fingerprint density at radius 2 is 1.83 bits per heavy atom. The van der Waals surface area contributed by atoms with Gasteiger partial charge < -0.3 is 20.7 Å². The van der Waals surface area contributed by atoms with Crippen molar-refractivity contribution in [3.63, 3.8) is 0 Å². The summed E-state index contributed by atoms with van der Waals surface area (Å²) in [4.78, 5) is 28.3. The molecule has 7 heteroatoms. The van der Waals surface area contributed by atoms with Gasteiger partial charge in [-0.15, -0.1) is 0 Å². The highest BCUT2D eigenvalue weighted by Crippen LogP contribution is 2.18. The Bertz CT molecular complexity index is 714. The number of nitrogens with one attached hydrogen (secondary N) is 3. The third-order valence-corrected chi connectivity index (χ3v) is 3.04. The fraction of sp³-hybridized carbons (Fsp3) is 0.235. The molecule has 0 bridgehead atoms. The van der Waals surface area contributed by atoms with Crippen molar-refractivity contribution in [3.05, 3.63) is 48.2 Å². The van der Waals surface area contributed by atoms with E-state index in [-0.39, 0.29) is 18.0 Å². The molecule has 1 aromatic carbocycles. The number of aromatic nitrogens is 1. The van der Waals surface area contributed by atoms with Crippen LogP contribution in [0.25, 0.3) is 0 Å². The molecule has 0 atom stereocenters. The Morgan fingerprint density at radius 1 is 1.08 bits per heavy atom. The predicted molar refractivity (Wildman–Crippen MR) is 92.5 cm³/mol. The molecule has 0 aliphatic carbocycles. The number of hydrogen-bond donors (Lipinski definition) is 3. The number of nitrogens with zero attached hydrogens (tertiary/aromatic N) is 1. The zero-order valence-electron chi connectivity index (χ0n) is 13.8. The summed E-state index contributed by atoms with van der Waals surface area (Å²) in [5.74, 6) is 0.114. The van der Waals surface area contributed by atoms with Gasteiger partial charge in [-0.05, 0) is 32.0 Å². The largest absolute Gasteiger partial charge is 0.481 e. The van der Waals surface area contributed by atoms with Gasteiger partial charge in [0.05, 0.1) is 30.2 Å². The number of anilines is 2. The molecule has 0 radical (unpaired) electrons. The van der Waals surface area contributed by atoms with Crippen LogP contribution >= 0.6 is 0 Å². The van der Waals surface area contributed by atoms with Crippen molar-refractivity contribution in [2.45, 2.75) is 19.9 Å². The molecule has 24 heavy (non-hydrogen) atoms. The molecule has 3 amide bonds. The maximum Gasteiger partial charge on any atom is 0.319 e. The maximum atomic E-state index is 12.5. The average molecular weight is 328 g/mol. The van der Waals surface area contributed by atoms with E-state index < -0.39 is 0 Å². The zero-order valence-corrected chi connectivity index (χ0v) is 13.8. The molecule has 2 rings (SSSR count). The van der Waals surface area contributed by atoms with Crippen LogP contribution in [0.2, 0.25) is 0 Å². The van der Waals surface area contributed by atoms with E-state index in [1.54, 1.807) is 36.4 Å². The Labute approximate surface area is 140 Å². The van der Waals surface area contributed by atoms with Crippen molar-refractivity contribution in [1.29, 1.82) is 0 Å². The standard InChI is InChI=1S/C17H20N4O3/c1-11(2)19-17(23)21-14-7-5-4-6-13(14)16(22)20-12-8-9-15(24-3)18-10-12/h4-11H,1-3H3,(H,20,22)(H2,19,21,23). The lowest BCUT2D eigenvalue weighted by molar-refractivity contribution is 0.102. The van der Waals surface area contributed by atoms with Crippen LogP contribution in [0.15, 0.2) is 42.6 Å². The normalized spacial score (nSPS) is 10.2. The number of pyridine rings is 1. The van der Waals surface area contributed by atoms with Gasteiger partial charge in [0.1, 0.15) is 0 Å². The summed E-state index contributed by atoms with van der Waals surface area (Å²) in [5.41, 5.74) is 1.31. The number of urea groups is 1. The number of methoxy groups -OCH3 is 1. The van der Waals surface area contributed by atoms with Gasteiger partial charge >= 0.3 is 6.03 Å². The number of ether oxygens (including phenoxy) is 1. The lowest BCUT2D eigenvalue weighted by Gasteiger charge is -2.13. The first kappa shape index (κ1) is 17.3. The van der Waals surface area contributed by atoms with E-state index in [2.05, 4.69) is 20.9 Å². The molecule has 3 N–H and O–H groups in total. The van der Waals surface area contributed by atoms with Crippen LogP contribution in [0, 0.1) is 0 Å². The van der Waals surface area contributed by atoms with E-state index in [0.29, 0.717) is 22.8 Å². The highest BCUT2D eigenvalue weighted by molar-refractivity contribution is 6.09. The molecule has 2 aromatic rings. The van der Waals surface area contributed by atoms with Crippen LogP contribution in [-0.4, -0.2) is 30.1 Å². The van der Waals surface area contributed by atoms with Crippen molar-refractivity contribution < 1.29 is 14.3 Å². The van der Waals surface area contributed by atoms with E-state index in [0.717, 1.165) is 0 Å². The van der Waals surface area contributed by atoms with Gasteiger partial charge in [-0.1, -0.05) is 12.1 Å². The Morgan fingerprint density at radius 3 is 2.46 bits per heavy atom. The molecule has 126 valence electrons. The van der Waals surface area contributed by atoms with E-state index in [1.165, 1.54) is 13.3 Å². The van der Waals surface area contributed by atoms with Crippen molar-refractivity contribution in [2.75, 3.05) is 17.7 Å².